The molecular weight excluding hydrogens is 372 g/mol. The summed E-state index contributed by atoms with van der Waals surface area (Å²) in [5, 5.41) is 6.41. The summed E-state index contributed by atoms with van der Waals surface area (Å²) in [6, 6.07) is 25.6. The molecule has 0 radical (unpaired) electrons. The van der Waals surface area contributed by atoms with Crippen LogP contribution in [0.15, 0.2) is 90.1 Å². The molecule has 1 aliphatic rings. The minimum absolute atomic E-state index is 0.124. The number of imidazole rings is 1. The molecule has 1 atom stereocenters. The van der Waals surface area contributed by atoms with Crippen molar-refractivity contribution in [3.05, 3.63) is 101 Å². The Hall–Kier alpha value is -3.86. The van der Waals surface area contributed by atoms with Crippen LogP contribution >= 0.6 is 0 Å². The predicted molar refractivity (Wildman–Crippen MR) is 120 cm³/mol. The molecule has 2 N–H and O–H groups in total. The predicted octanol–water partition coefficient (Wildman–Crippen LogP) is 5.27. The molecule has 1 aromatic heterocycles. The molecule has 2 heterocycles. The average Bonchev–Trinajstić information content (AvgIpc) is 3.11. The quantitative estimate of drug-likeness (QED) is 0.497. The molecule has 148 valence electrons. The van der Waals surface area contributed by atoms with Crippen molar-refractivity contribution in [1.82, 2.24) is 9.55 Å². The molecule has 5 heteroatoms. The monoisotopic (exact) mass is 394 g/mol. The van der Waals surface area contributed by atoms with Gasteiger partial charge in [0.15, 0.2) is 0 Å². The summed E-state index contributed by atoms with van der Waals surface area (Å²) in [6.45, 7) is 4.00. The van der Waals surface area contributed by atoms with Crippen molar-refractivity contribution in [3.63, 3.8) is 0 Å². The van der Waals surface area contributed by atoms with Crippen molar-refractivity contribution in [3.8, 4) is 0 Å². The molecule has 0 unspecified atom stereocenters. The van der Waals surface area contributed by atoms with Crippen LogP contribution < -0.4 is 10.6 Å². The molecule has 5 rings (SSSR count). The molecule has 4 aromatic rings. The van der Waals surface area contributed by atoms with Gasteiger partial charge in [-0.15, -0.1) is 0 Å². The van der Waals surface area contributed by atoms with Crippen LogP contribution in [-0.2, 0) is 4.79 Å². The van der Waals surface area contributed by atoms with Crippen molar-refractivity contribution in [2.24, 2.45) is 0 Å². The number of anilines is 2. The first-order valence-corrected chi connectivity index (χ1v) is 9.99. The van der Waals surface area contributed by atoms with Gasteiger partial charge in [-0.3, -0.25) is 9.36 Å². The van der Waals surface area contributed by atoms with Gasteiger partial charge in [0.05, 0.1) is 22.6 Å². The Balaban J connectivity index is 1.69. The van der Waals surface area contributed by atoms with Crippen molar-refractivity contribution >= 4 is 28.6 Å². The van der Waals surface area contributed by atoms with Crippen LogP contribution in [0.2, 0.25) is 0 Å². The van der Waals surface area contributed by atoms with Crippen LogP contribution in [-0.4, -0.2) is 15.5 Å². The standard InChI is InChI=1S/C25H22N4O/c1-16-9-8-10-18(15-16)23-22(24(30)27-19-11-4-3-5-12-19)17(2)26-25-28-20-13-6-7-14-21(20)29(23)25/h3-15,23H,1-2H3,(H,26,28)(H,27,30)/t23-/m0/s1. The van der Waals surface area contributed by atoms with E-state index in [2.05, 4.69) is 40.3 Å². The SMILES string of the molecule is CC1=C(C(=O)Nc2ccccc2)[C@H](c2cccc(C)c2)n2c(nc3ccccc32)N1. The third-order valence-electron chi connectivity index (χ3n) is 5.46. The highest BCUT2D eigenvalue weighted by molar-refractivity contribution is 6.06. The van der Waals surface area contributed by atoms with E-state index in [-0.39, 0.29) is 11.9 Å². The van der Waals surface area contributed by atoms with Gasteiger partial charge < -0.3 is 10.6 Å². The number of aromatic nitrogens is 2. The van der Waals surface area contributed by atoms with Gasteiger partial charge in [-0.05, 0) is 43.7 Å². The van der Waals surface area contributed by atoms with Crippen LogP contribution in [0.4, 0.5) is 11.6 Å². The first kappa shape index (κ1) is 18.2. The zero-order valence-corrected chi connectivity index (χ0v) is 16.9. The number of hydrogen-bond donors (Lipinski definition) is 2. The minimum atomic E-state index is -0.280. The fraction of sp³-hybridized carbons (Fsp3) is 0.120. The molecule has 5 nitrogen and oxygen atoms in total. The van der Waals surface area contributed by atoms with Crippen LogP contribution in [0.1, 0.15) is 24.1 Å². The lowest BCUT2D eigenvalue weighted by atomic mass is 9.93. The van der Waals surface area contributed by atoms with Crippen molar-refractivity contribution in [1.29, 1.82) is 0 Å². The van der Waals surface area contributed by atoms with E-state index in [0.717, 1.165) is 39.5 Å². The second-order valence-electron chi connectivity index (χ2n) is 7.59. The van der Waals surface area contributed by atoms with E-state index in [1.54, 1.807) is 0 Å². The van der Waals surface area contributed by atoms with E-state index in [9.17, 15) is 4.79 Å². The lowest BCUT2D eigenvalue weighted by Gasteiger charge is -2.31. The summed E-state index contributed by atoms with van der Waals surface area (Å²) >= 11 is 0. The molecule has 0 saturated carbocycles. The third-order valence-corrected chi connectivity index (χ3v) is 5.46. The summed E-state index contributed by atoms with van der Waals surface area (Å²) in [7, 11) is 0. The highest BCUT2D eigenvalue weighted by Crippen LogP contribution is 2.39. The summed E-state index contributed by atoms with van der Waals surface area (Å²) in [5.41, 5.74) is 6.35. The second-order valence-corrected chi connectivity index (χ2v) is 7.59. The van der Waals surface area contributed by atoms with Gasteiger partial charge in [-0.25, -0.2) is 4.98 Å². The Morgan fingerprint density at radius 3 is 2.53 bits per heavy atom. The number of nitrogens with zero attached hydrogens (tertiary/aromatic N) is 2. The summed E-state index contributed by atoms with van der Waals surface area (Å²) in [6.07, 6.45) is 0. The molecule has 30 heavy (non-hydrogen) atoms. The number of allylic oxidation sites excluding steroid dienone is 1. The first-order valence-electron chi connectivity index (χ1n) is 9.99. The van der Waals surface area contributed by atoms with Gasteiger partial charge in [0.2, 0.25) is 5.95 Å². The van der Waals surface area contributed by atoms with E-state index in [1.165, 1.54) is 0 Å². The smallest absolute Gasteiger partial charge is 0.255 e. The van der Waals surface area contributed by atoms with Gasteiger partial charge in [0.25, 0.3) is 5.91 Å². The summed E-state index contributed by atoms with van der Waals surface area (Å²) in [4.78, 5) is 18.2. The Morgan fingerprint density at radius 2 is 1.73 bits per heavy atom. The number of carbonyl (C=O) groups is 1. The van der Waals surface area contributed by atoms with E-state index >= 15 is 0 Å². The van der Waals surface area contributed by atoms with Crippen LogP contribution in [0.25, 0.3) is 11.0 Å². The Morgan fingerprint density at radius 1 is 0.967 bits per heavy atom. The van der Waals surface area contributed by atoms with Gasteiger partial charge >= 0.3 is 0 Å². The fourth-order valence-electron chi connectivity index (χ4n) is 4.13. The number of aryl methyl sites for hydroxylation is 1. The number of hydrogen-bond acceptors (Lipinski definition) is 3. The molecule has 0 bridgehead atoms. The average molecular weight is 394 g/mol. The largest absolute Gasteiger partial charge is 0.329 e. The number of amides is 1. The summed E-state index contributed by atoms with van der Waals surface area (Å²) in [5.74, 6) is 0.623. The molecular formula is C25H22N4O. The third kappa shape index (κ3) is 3.05. The number of fused-ring (bicyclic) bond motifs is 3. The van der Waals surface area contributed by atoms with E-state index in [0.29, 0.717) is 5.57 Å². The van der Waals surface area contributed by atoms with Crippen LogP contribution in [0.3, 0.4) is 0 Å². The molecule has 0 fully saturated rings. The van der Waals surface area contributed by atoms with E-state index in [4.69, 9.17) is 4.98 Å². The van der Waals surface area contributed by atoms with Crippen LogP contribution in [0.5, 0.6) is 0 Å². The zero-order chi connectivity index (χ0) is 20.7. The number of para-hydroxylation sites is 3. The maximum absolute atomic E-state index is 13.5. The van der Waals surface area contributed by atoms with Crippen LogP contribution in [0, 0.1) is 6.92 Å². The van der Waals surface area contributed by atoms with Gasteiger partial charge in [-0.2, -0.15) is 0 Å². The Kier molecular flexibility index (Phi) is 4.36. The van der Waals surface area contributed by atoms with E-state index in [1.807, 2.05) is 67.6 Å². The fourth-order valence-corrected chi connectivity index (χ4v) is 4.13. The molecule has 0 aliphatic carbocycles. The highest BCUT2D eigenvalue weighted by Gasteiger charge is 2.34. The molecule has 1 amide bonds. The number of rotatable bonds is 3. The van der Waals surface area contributed by atoms with Gasteiger partial charge in [-0.1, -0.05) is 60.2 Å². The highest BCUT2D eigenvalue weighted by atomic mass is 16.1. The zero-order valence-electron chi connectivity index (χ0n) is 16.9. The molecule has 3 aromatic carbocycles. The topological polar surface area (TPSA) is 59.0 Å². The van der Waals surface area contributed by atoms with Crippen molar-refractivity contribution in [2.75, 3.05) is 10.6 Å². The molecule has 0 saturated heterocycles. The second kappa shape index (κ2) is 7.19. The van der Waals surface area contributed by atoms with Crippen molar-refractivity contribution in [2.45, 2.75) is 19.9 Å². The lowest BCUT2D eigenvalue weighted by molar-refractivity contribution is -0.113. The van der Waals surface area contributed by atoms with Gasteiger partial charge in [0, 0.05) is 11.4 Å². The Labute approximate surface area is 175 Å². The summed E-state index contributed by atoms with van der Waals surface area (Å²) < 4.78 is 2.12. The normalized spacial score (nSPS) is 15.6. The number of carbonyl (C=O) groups excluding carboxylic acids is 1. The first-order chi connectivity index (χ1) is 14.6. The Bertz CT molecular complexity index is 1290. The molecule has 0 spiro atoms. The lowest BCUT2D eigenvalue weighted by Crippen LogP contribution is -2.30. The maximum atomic E-state index is 13.5. The van der Waals surface area contributed by atoms with Gasteiger partial charge in [0.1, 0.15) is 0 Å². The number of nitrogens with one attached hydrogen (secondary N) is 2. The molecule has 1 aliphatic heterocycles. The van der Waals surface area contributed by atoms with Crippen molar-refractivity contribution < 1.29 is 4.79 Å². The minimum Gasteiger partial charge on any atom is -0.329 e. The number of benzene rings is 3. The van der Waals surface area contributed by atoms with E-state index < -0.39 is 0 Å². The maximum Gasteiger partial charge on any atom is 0.255 e.